The van der Waals surface area contributed by atoms with Gasteiger partial charge in [-0.1, -0.05) is 18.2 Å². The third-order valence-electron chi connectivity index (χ3n) is 1.58. The van der Waals surface area contributed by atoms with E-state index < -0.39 is 6.10 Å². The molecule has 1 atom stereocenters. The smallest absolute Gasteiger partial charge is 0.0773 e. The predicted octanol–water partition coefficient (Wildman–Crippen LogP) is 1.64. The monoisotopic (exact) mass is 170 g/mol. The highest BCUT2D eigenvalue weighted by molar-refractivity contribution is 4.84. The second-order valence-electron chi connectivity index (χ2n) is 2.75. The SMILES string of the molecule is C=CCCC=CCCC(O)CO. The molecule has 2 heteroatoms. The van der Waals surface area contributed by atoms with Crippen LogP contribution in [0, 0.1) is 0 Å². The Morgan fingerprint density at radius 2 is 1.83 bits per heavy atom. The van der Waals surface area contributed by atoms with E-state index in [9.17, 15) is 0 Å². The van der Waals surface area contributed by atoms with Gasteiger partial charge in [-0.15, -0.1) is 6.58 Å². The molecule has 0 aliphatic carbocycles. The number of rotatable bonds is 7. The molecule has 0 saturated heterocycles. The second-order valence-corrected chi connectivity index (χ2v) is 2.75. The topological polar surface area (TPSA) is 40.5 Å². The molecular weight excluding hydrogens is 152 g/mol. The Morgan fingerprint density at radius 1 is 1.17 bits per heavy atom. The van der Waals surface area contributed by atoms with Crippen LogP contribution in [0.3, 0.4) is 0 Å². The van der Waals surface area contributed by atoms with E-state index in [0.29, 0.717) is 6.42 Å². The molecule has 70 valence electrons. The zero-order valence-corrected chi connectivity index (χ0v) is 7.45. The van der Waals surface area contributed by atoms with Crippen LogP contribution in [0.15, 0.2) is 24.8 Å². The lowest BCUT2D eigenvalue weighted by atomic mass is 10.2. The maximum atomic E-state index is 8.96. The highest BCUT2D eigenvalue weighted by atomic mass is 16.3. The first-order valence-corrected chi connectivity index (χ1v) is 4.36. The summed E-state index contributed by atoms with van der Waals surface area (Å²) in [5, 5.41) is 17.4. The molecule has 0 bridgehead atoms. The molecule has 0 aromatic carbocycles. The standard InChI is InChI=1S/C10H18O2/c1-2-3-4-5-6-7-8-10(12)9-11/h2,5-6,10-12H,1,3-4,7-9H2. The Bertz CT molecular complexity index is 130. The van der Waals surface area contributed by atoms with E-state index in [1.54, 1.807) is 0 Å². The summed E-state index contributed by atoms with van der Waals surface area (Å²) in [6, 6.07) is 0. The summed E-state index contributed by atoms with van der Waals surface area (Å²) in [6.07, 6.45) is 8.91. The van der Waals surface area contributed by atoms with Gasteiger partial charge < -0.3 is 10.2 Å². The van der Waals surface area contributed by atoms with Gasteiger partial charge in [0, 0.05) is 0 Å². The van der Waals surface area contributed by atoms with Crippen molar-refractivity contribution >= 4 is 0 Å². The average Bonchev–Trinajstić information content (AvgIpc) is 2.10. The number of hydrogen-bond acceptors (Lipinski definition) is 2. The molecule has 1 unspecified atom stereocenters. The highest BCUT2D eigenvalue weighted by Gasteiger charge is 1.97. The molecule has 0 aromatic heterocycles. The minimum absolute atomic E-state index is 0.138. The van der Waals surface area contributed by atoms with Gasteiger partial charge in [-0.25, -0.2) is 0 Å². The molecule has 0 radical (unpaired) electrons. The molecule has 0 fully saturated rings. The largest absolute Gasteiger partial charge is 0.394 e. The number of aliphatic hydroxyl groups is 2. The Kier molecular flexibility index (Phi) is 8.07. The van der Waals surface area contributed by atoms with Gasteiger partial charge >= 0.3 is 0 Å². The highest BCUT2D eigenvalue weighted by Crippen LogP contribution is 1.99. The number of hydrogen-bond donors (Lipinski definition) is 2. The summed E-state index contributed by atoms with van der Waals surface area (Å²) in [7, 11) is 0. The van der Waals surface area contributed by atoms with Crippen molar-refractivity contribution in [3.63, 3.8) is 0 Å². The van der Waals surface area contributed by atoms with E-state index in [0.717, 1.165) is 19.3 Å². The van der Waals surface area contributed by atoms with Crippen LogP contribution >= 0.6 is 0 Å². The van der Waals surface area contributed by atoms with Crippen LogP contribution in [-0.2, 0) is 0 Å². The summed E-state index contributed by atoms with van der Waals surface area (Å²) in [6.45, 7) is 3.47. The summed E-state index contributed by atoms with van der Waals surface area (Å²) in [5.74, 6) is 0. The third kappa shape index (κ3) is 7.51. The van der Waals surface area contributed by atoms with Crippen LogP contribution in [0.5, 0.6) is 0 Å². The molecule has 12 heavy (non-hydrogen) atoms. The molecule has 0 rings (SSSR count). The fourth-order valence-electron chi connectivity index (χ4n) is 0.830. The van der Waals surface area contributed by atoms with Gasteiger partial charge in [-0.3, -0.25) is 0 Å². The maximum absolute atomic E-state index is 8.96. The molecule has 2 N–H and O–H groups in total. The lowest BCUT2D eigenvalue weighted by molar-refractivity contribution is 0.0891. The van der Waals surface area contributed by atoms with E-state index in [1.165, 1.54) is 0 Å². The van der Waals surface area contributed by atoms with Crippen molar-refractivity contribution in [3.8, 4) is 0 Å². The molecule has 0 aliphatic rings. The van der Waals surface area contributed by atoms with Gasteiger partial charge in [0.25, 0.3) is 0 Å². The zero-order valence-electron chi connectivity index (χ0n) is 7.45. The molecule has 0 saturated carbocycles. The first-order chi connectivity index (χ1) is 5.81. The van der Waals surface area contributed by atoms with Crippen LogP contribution < -0.4 is 0 Å². The minimum atomic E-state index is -0.561. The summed E-state index contributed by atoms with van der Waals surface area (Å²) in [5.41, 5.74) is 0. The average molecular weight is 170 g/mol. The lowest BCUT2D eigenvalue weighted by Crippen LogP contribution is -2.10. The van der Waals surface area contributed by atoms with Crippen molar-refractivity contribution in [1.29, 1.82) is 0 Å². The van der Waals surface area contributed by atoms with Crippen molar-refractivity contribution in [2.75, 3.05) is 6.61 Å². The summed E-state index contributed by atoms with van der Waals surface area (Å²) >= 11 is 0. The predicted molar refractivity (Wildman–Crippen MR) is 50.9 cm³/mol. The maximum Gasteiger partial charge on any atom is 0.0773 e. The lowest BCUT2D eigenvalue weighted by Gasteiger charge is -2.02. The molecule has 2 nitrogen and oxygen atoms in total. The number of unbranched alkanes of at least 4 members (excludes halogenated alkanes) is 1. The Labute approximate surface area is 74.2 Å². The fraction of sp³-hybridized carbons (Fsp3) is 0.600. The van der Waals surface area contributed by atoms with Crippen molar-refractivity contribution in [3.05, 3.63) is 24.8 Å². The van der Waals surface area contributed by atoms with Crippen molar-refractivity contribution < 1.29 is 10.2 Å². The molecular formula is C10H18O2. The molecule has 0 spiro atoms. The molecule has 0 aromatic rings. The van der Waals surface area contributed by atoms with E-state index in [-0.39, 0.29) is 6.61 Å². The fourth-order valence-corrected chi connectivity index (χ4v) is 0.830. The van der Waals surface area contributed by atoms with Gasteiger partial charge in [-0.2, -0.15) is 0 Å². The normalized spacial score (nSPS) is 13.5. The van der Waals surface area contributed by atoms with E-state index in [2.05, 4.69) is 12.7 Å². The van der Waals surface area contributed by atoms with Crippen molar-refractivity contribution in [2.45, 2.75) is 31.8 Å². The minimum Gasteiger partial charge on any atom is -0.394 e. The Morgan fingerprint density at radius 3 is 2.42 bits per heavy atom. The van der Waals surface area contributed by atoms with Gasteiger partial charge in [0.1, 0.15) is 0 Å². The van der Waals surface area contributed by atoms with Crippen LogP contribution in [0.25, 0.3) is 0 Å². The van der Waals surface area contributed by atoms with Gasteiger partial charge in [-0.05, 0) is 25.7 Å². The van der Waals surface area contributed by atoms with Crippen LogP contribution in [0.2, 0.25) is 0 Å². The zero-order chi connectivity index (χ0) is 9.23. The first kappa shape index (κ1) is 11.4. The van der Waals surface area contributed by atoms with Crippen LogP contribution in [0.4, 0.5) is 0 Å². The van der Waals surface area contributed by atoms with Gasteiger partial charge in [0.05, 0.1) is 12.7 Å². The molecule has 0 amide bonds. The first-order valence-electron chi connectivity index (χ1n) is 4.36. The van der Waals surface area contributed by atoms with Crippen molar-refractivity contribution in [2.24, 2.45) is 0 Å². The van der Waals surface area contributed by atoms with Crippen LogP contribution in [0.1, 0.15) is 25.7 Å². The van der Waals surface area contributed by atoms with Crippen LogP contribution in [-0.4, -0.2) is 22.9 Å². The summed E-state index contributed by atoms with van der Waals surface area (Å²) < 4.78 is 0. The number of allylic oxidation sites excluding steroid dienone is 3. The quantitative estimate of drug-likeness (QED) is 0.450. The van der Waals surface area contributed by atoms with Crippen molar-refractivity contribution in [1.82, 2.24) is 0 Å². The van der Waals surface area contributed by atoms with Gasteiger partial charge in [0.2, 0.25) is 0 Å². The second kappa shape index (κ2) is 8.50. The van der Waals surface area contributed by atoms with E-state index in [1.807, 2.05) is 12.2 Å². The van der Waals surface area contributed by atoms with Gasteiger partial charge in [0.15, 0.2) is 0 Å². The van der Waals surface area contributed by atoms with E-state index in [4.69, 9.17) is 10.2 Å². The number of aliphatic hydroxyl groups excluding tert-OH is 2. The molecule has 0 heterocycles. The summed E-state index contributed by atoms with van der Waals surface area (Å²) in [4.78, 5) is 0. The van der Waals surface area contributed by atoms with E-state index >= 15 is 0 Å². The Hall–Kier alpha value is -0.600. The Balaban J connectivity index is 3.17. The third-order valence-corrected chi connectivity index (χ3v) is 1.58. The molecule has 0 aliphatic heterocycles.